The fourth-order valence-electron chi connectivity index (χ4n) is 8.71. The smallest absolute Gasteiger partial charge is 0.249 e. The maximum atomic E-state index is 13.5. The quantitative estimate of drug-likeness (QED) is 0.255. The molecule has 0 aromatic carbocycles. The molecule has 228 valence electrons. The molecule has 0 saturated heterocycles. The van der Waals surface area contributed by atoms with Crippen LogP contribution in [0, 0.1) is 5.41 Å². The minimum absolute atomic E-state index is 0.0262. The zero-order valence-electron chi connectivity index (χ0n) is 25.4. The Labute approximate surface area is 244 Å². The Morgan fingerprint density at radius 3 is 1.02 bits per heavy atom. The maximum Gasteiger partial charge on any atom is 0.249 e. The predicted octanol–water partition coefficient (Wildman–Crippen LogP) is 7.18. The maximum absolute atomic E-state index is 13.5. The van der Waals surface area contributed by atoms with E-state index in [-0.39, 0.29) is 30.4 Å². The van der Waals surface area contributed by atoms with Gasteiger partial charge in [-0.1, -0.05) is 83.5 Å². The molecule has 5 rings (SSSR count). The van der Waals surface area contributed by atoms with Crippen molar-refractivity contribution >= 4 is 11.8 Å². The highest BCUT2D eigenvalue weighted by Crippen LogP contribution is 2.41. The molecule has 0 unspecified atom stereocenters. The lowest BCUT2D eigenvalue weighted by molar-refractivity contribution is -0.149. The highest BCUT2D eigenvalue weighted by molar-refractivity contribution is 5.78. The van der Waals surface area contributed by atoms with Crippen LogP contribution in [-0.2, 0) is 19.1 Å². The molecule has 0 aliphatic heterocycles. The minimum Gasteiger partial charge on any atom is -0.371 e. The van der Waals surface area contributed by atoms with Crippen LogP contribution >= 0.6 is 0 Å². The predicted molar refractivity (Wildman–Crippen MR) is 159 cm³/mol. The summed E-state index contributed by atoms with van der Waals surface area (Å²) in [6.45, 7) is 1.55. The number of hydrogen-bond acceptors (Lipinski definition) is 4. The molecule has 0 atom stereocenters. The molecule has 0 heterocycles. The Hall–Kier alpha value is -1.14. The molecule has 5 aliphatic rings. The van der Waals surface area contributed by atoms with Crippen LogP contribution in [0.15, 0.2) is 0 Å². The van der Waals surface area contributed by atoms with Gasteiger partial charge >= 0.3 is 0 Å². The van der Waals surface area contributed by atoms with E-state index in [1.165, 1.54) is 83.5 Å². The van der Waals surface area contributed by atoms with Gasteiger partial charge in [-0.2, -0.15) is 0 Å². The van der Waals surface area contributed by atoms with Crippen molar-refractivity contribution in [1.82, 2.24) is 9.80 Å². The van der Waals surface area contributed by atoms with Crippen LogP contribution in [0.5, 0.6) is 0 Å². The lowest BCUT2D eigenvalue weighted by atomic mass is 9.70. The highest BCUT2D eigenvalue weighted by Gasteiger charge is 2.39. The Kier molecular flexibility index (Phi) is 11.6. The van der Waals surface area contributed by atoms with E-state index in [2.05, 4.69) is 9.80 Å². The number of amides is 2. The average Bonchev–Trinajstić information content (AvgIpc) is 2.98. The number of carbonyl (C=O) groups is 2. The summed E-state index contributed by atoms with van der Waals surface area (Å²) >= 11 is 0. The summed E-state index contributed by atoms with van der Waals surface area (Å²) in [5.41, 5.74) is -0.0262. The molecule has 0 aromatic heterocycles. The van der Waals surface area contributed by atoms with Gasteiger partial charge in [-0.3, -0.25) is 9.59 Å². The van der Waals surface area contributed by atoms with Gasteiger partial charge in [0.15, 0.2) is 0 Å². The molecule has 40 heavy (non-hydrogen) atoms. The zero-order valence-corrected chi connectivity index (χ0v) is 25.4. The molecule has 6 heteroatoms. The molecular weight excluding hydrogens is 500 g/mol. The average molecular weight is 559 g/mol. The molecule has 6 nitrogen and oxygen atoms in total. The second-order valence-electron chi connectivity index (χ2n) is 14.1. The van der Waals surface area contributed by atoms with Gasteiger partial charge in [-0.25, -0.2) is 0 Å². The first-order valence-corrected chi connectivity index (χ1v) is 17.4. The van der Waals surface area contributed by atoms with Gasteiger partial charge in [0.1, 0.15) is 13.2 Å². The number of nitrogens with zero attached hydrogens (tertiary/aromatic N) is 2. The molecule has 0 radical (unpaired) electrons. The van der Waals surface area contributed by atoms with Crippen LogP contribution in [-0.4, -0.2) is 72.2 Å². The fraction of sp³-hybridized carbons (Fsp3) is 0.941. The molecule has 5 aliphatic carbocycles. The van der Waals surface area contributed by atoms with Crippen LogP contribution in [0.4, 0.5) is 0 Å². The molecule has 0 bridgehead atoms. The Morgan fingerprint density at radius 2 is 0.775 bits per heavy atom. The van der Waals surface area contributed by atoms with E-state index >= 15 is 0 Å². The second kappa shape index (κ2) is 15.4. The summed E-state index contributed by atoms with van der Waals surface area (Å²) < 4.78 is 12.4. The van der Waals surface area contributed by atoms with Gasteiger partial charge in [0, 0.05) is 29.6 Å². The van der Waals surface area contributed by atoms with Crippen molar-refractivity contribution in [3.8, 4) is 0 Å². The summed E-state index contributed by atoms with van der Waals surface area (Å²) in [4.78, 5) is 31.6. The second-order valence-corrected chi connectivity index (χ2v) is 14.1. The van der Waals surface area contributed by atoms with Crippen LogP contribution < -0.4 is 0 Å². The molecule has 0 N–H and O–H groups in total. The van der Waals surface area contributed by atoms with Gasteiger partial charge in [0.2, 0.25) is 11.8 Å². The van der Waals surface area contributed by atoms with Crippen molar-refractivity contribution in [2.75, 3.05) is 26.4 Å². The summed E-state index contributed by atoms with van der Waals surface area (Å²) in [6, 6.07) is 1.65. The third-order valence-electron chi connectivity index (χ3n) is 11.1. The Morgan fingerprint density at radius 1 is 0.475 bits per heavy atom. The normalized spacial score (nSPS) is 25.3. The lowest BCUT2D eigenvalue weighted by Gasteiger charge is -2.43. The topological polar surface area (TPSA) is 59.1 Å². The van der Waals surface area contributed by atoms with E-state index in [9.17, 15) is 9.59 Å². The third-order valence-corrected chi connectivity index (χ3v) is 11.1. The monoisotopic (exact) mass is 558 g/mol. The summed E-state index contributed by atoms with van der Waals surface area (Å²) in [5.74, 6) is 0.417. The van der Waals surface area contributed by atoms with Crippen molar-refractivity contribution in [2.45, 2.75) is 172 Å². The van der Waals surface area contributed by atoms with Crippen molar-refractivity contribution < 1.29 is 19.1 Å². The van der Waals surface area contributed by atoms with E-state index in [4.69, 9.17) is 9.47 Å². The first kappa shape index (κ1) is 30.3. The molecule has 5 fully saturated rings. The largest absolute Gasteiger partial charge is 0.371 e. The van der Waals surface area contributed by atoms with Gasteiger partial charge < -0.3 is 19.3 Å². The van der Waals surface area contributed by atoms with Gasteiger partial charge in [0.25, 0.3) is 0 Å². The highest BCUT2D eigenvalue weighted by atomic mass is 16.5. The Balaban J connectivity index is 1.10. The standard InChI is InChI=1S/C34H58N2O4/c37-32(35(28-14-5-1-6-15-28)29-16-7-2-8-17-29)24-39-26-34(22-13-23-34)27-40-25-33(38)36(30-18-9-3-10-19-30)31-20-11-4-12-21-31/h28-31H,1-27H2. The van der Waals surface area contributed by atoms with E-state index in [1.54, 1.807) is 0 Å². The Bertz CT molecular complexity index is 679. The zero-order chi connectivity index (χ0) is 27.6. The van der Waals surface area contributed by atoms with E-state index in [0.717, 1.165) is 64.2 Å². The summed E-state index contributed by atoms with van der Waals surface area (Å²) in [5, 5.41) is 0. The number of ether oxygens (including phenoxy) is 2. The lowest BCUT2D eigenvalue weighted by Crippen LogP contribution is -2.51. The molecule has 2 amide bonds. The molecule has 0 aromatic rings. The fourth-order valence-corrected chi connectivity index (χ4v) is 8.71. The van der Waals surface area contributed by atoms with Gasteiger partial charge in [-0.05, 0) is 64.2 Å². The van der Waals surface area contributed by atoms with Crippen LogP contribution in [0.1, 0.15) is 148 Å². The van der Waals surface area contributed by atoms with Crippen LogP contribution in [0.2, 0.25) is 0 Å². The number of carbonyl (C=O) groups excluding carboxylic acids is 2. The van der Waals surface area contributed by atoms with Crippen molar-refractivity contribution in [2.24, 2.45) is 5.41 Å². The van der Waals surface area contributed by atoms with Crippen molar-refractivity contribution in [3.05, 3.63) is 0 Å². The summed E-state index contributed by atoms with van der Waals surface area (Å²) in [7, 11) is 0. The third kappa shape index (κ3) is 8.02. The minimum atomic E-state index is -0.0262. The first-order valence-electron chi connectivity index (χ1n) is 17.4. The molecule has 0 spiro atoms. The van der Waals surface area contributed by atoms with Crippen LogP contribution in [0.25, 0.3) is 0 Å². The van der Waals surface area contributed by atoms with Gasteiger partial charge in [-0.15, -0.1) is 0 Å². The van der Waals surface area contributed by atoms with E-state index in [1.807, 2.05) is 0 Å². The van der Waals surface area contributed by atoms with E-state index < -0.39 is 0 Å². The van der Waals surface area contributed by atoms with Gasteiger partial charge in [0.05, 0.1) is 13.2 Å². The number of rotatable bonds is 12. The number of hydrogen-bond donors (Lipinski definition) is 0. The molecule has 5 saturated carbocycles. The SMILES string of the molecule is O=C(COCC1(COCC(=O)N(C2CCCCC2)C2CCCCC2)CCC1)N(C1CCCCC1)C1CCCCC1. The molecular formula is C34H58N2O4. The van der Waals surface area contributed by atoms with Crippen molar-refractivity contribution in [3.63, 3.8) is 0 Å². The van der Waals surface area contributed by atoms with Crippen LogP contribution in [0.3, 0.4) is 0 Å². The van der Waals surface area contributed by atoms with Crippen molar-refractivity contribution in [1.29, 1.82) is 0 Å². The van der Waals surface area contributed by atoms with E-state index in [0.29, 0.717) is 37.4 Å². The first-order chi connectivity index (χ1) is 19.7. The summed E-state index contributed by atoms with van der Waals surface area (Å²) in [6.07, 6.45) is 27.8.